The van der Waals surface area contributed by atoms with Gasteiger partial charge in [0.25, 0.3) is 5.91 Å². The summed E-state index contributed by atoms with van der Waals surface area (Å²) in [6, 6.07) is 5.19. The molecule has 2 amide bonds. The number of piperidine rings is 1. The molecule has 1 unspecified atom stereocenters. The van der Waals surface area contributed by atoms with Gasteiger partial charge in [0.05, 0.1) is 25.9 Å². The van der Waals surface area contributed by atoms with Crippen molar-refractivity contribution in [3.63, 3.8) is 0 Å². The monoisotopic (exact) mass is 320 g/mol. The summed E-state index contributed by atoms with van der Waals surface area (Å²) in [5.41, 5.74) is 1.21. The average molecular weight is 320 g/mol. The molecule has 2 rings (SSSR count). The number of quaternary nitrogens is 1. The Kier molecular flexibility index (Phi) is 5.98. The molecule has 6 nitrogen and oxygen atoms in total. The van der Waals surface area contributed by atoms with Crippen LogP contribution in [0, 0.1) is 5.92 Å². The third kappa shape index (κ3) is 5.25. The largest absolute Gasteiger partial charge is 0.495 e. The van der Waals surface area contributed by atoms with Gasteiger partial charge in [0.1, 0.15) is 5.75 Å². The standard InChI is InChI=1S/C17H25N3O3/c1-12-5-4-8-20(10-12)11-17(22)19-15-9-14(18-13(2)21)6-7-16(15)23-3/h6-7,9,12H,4-5,8,10-11H2,1-3H3,(H,18,21)(H,19,22)/p+1/t12-/m0/s1. The highest BCUT2D eigenvalue weighted by atomic mass is 16.5. The van der Waals surface area contributed by atoms with Crippen LogP contribution in [0.4, 0.5) is 11.4 Å². The number of likely N-dealkylation sites (tertiary alicyclic amines) is 1. The van der Waals surface area contributed by atoms with Crippen LogP contribution in [0.3, 0.4) is 0 Å². The summed E-state index contributed by atoms with van der Waals surface area (Å²) >= 11 is 0. The molecule has 0 bridgehead atoms. The minimum Gasteiger partial charge on any atom is -0.495 e. The van der Waals surface area contributed by atoms with E-state index in [2.05, 4.69) is 17.6 Å². The van der Waals surface area contributed by atoms with Crippen molar-refractivity contribution in [2.75, 3.05) is 37.4 Å². The molecule has 0 radical (unpaired) electrons. The Labute approximate surface area is 137 Å². The molecule has 2 atom stereocenters. The van der Waals surface area contributed by atoms with Crippen LogP contribution in [0.15, 0.2) is 18.2 Å². The minimum atomic E-state index is -0.154. The first-order valence-corrected chi connectivity index (χ1v) is 8.07. The molecule has 126 valence electrons. The second-order valence-corrected chi connectivity index (χ2v) is 6.27. The second-order valence-electron chi connectivity index (χ2n) is 6.27. The van der Waals surface area contributed by atoms with E-state index in [-0.39, 0.29) is 11.8 Å². The number of amides is 2. The lowest BCUT2D eigenvalue weighted by Gasteiger charge is -2.27. The SMILES string of the molecule is COc1ccc(NC(C)=O)cc1NC(=O)C[NH+]1CCC[C@H](C)C1. The maximum atomic E-state index is 12.3. The predicted molar refractivity (Wildman–Crippen MR) is 89.9 cm³/mol. The number of methoxy groups -OCH3 is 1. The number of hydrogen-bond donors (Lipinski definition) is 3. The zero-order chi connectivity index (χ0) is 16.8. The van der Waals surface area contributed by atoms with Crippen molar-refractivity contribution < 1.29 is 19.2 Å². The van der Waals surface area contributed by atoms with Crippen molar-refractivity contribution in [2.45, 2.75) is 26.7 Å². The lowest BCUT2D eigenvalue weighted by Crippen LogP contribution is -3.14. The summed E-state index contributed by atoms with van der Waals surface area (Å²) in [5.74, 6) is 1.06. The third-order valence-corrected chi connectivity index (χ3v) is 4.07. The van der Waals surface area contributed by atoms with Crippen molar-refractivity contribution in [1.29, 1.82) is 0 Å². The molecule has 6 heteroatoms. The number of rotatable bonds is 5. The Hall–Kier alpha value is -2.08. The van der Waals surface area contributed by atoms with Gasteiger partial charge < -0.3 is 20.3 Å². The molecule has 0 spiro atoms. The number of ether oxygens (including phenoxy) is 1. The first kappa shape index (κ1) is 17.3. The number of benzene rings is 1. The van der Waals surface area contributed by atoms with Gasteiger partial charge in [-0.3, -0.25) is 9.59 Å². The van der Waals surface area contributed by atoms with Gasteiger partial charge in [0, 0.05) is 18.5 Å². The van der Waals surface area contributed by atoms with Crippen molar-refractivity contribution in [2.24, 2.45) is 5.92 Å². The average Bonchev–Trinajstić information content (AvgIpc) is 2.46. The Bertz CT molecular complexity index is 574. The lowest BCUT2D eigenvalue weighted by atomic mass is 10.0. The second kappa shape index (κ2) is 7.97. The highest BCUT2D eigenvalue weighted by Gasteiger charge is 2.22. The van der Waals surface area contributed by atoms with E-state index in [4.69, 9.17) is 4.74 Å². The highest BCUT2D eigenvalue weighted by Crippen LogP contribution is 2.27. The van der Waals surface area contributed by atoms with Crippen LogP contribution in [-0.4, -0.2) is 38.6 Å². The molecular formula is C17H26N3O3+. The maximum Gasteiger partial charge on any atom is 0.279 e. The molecule has 1 aromatic rings. The number of hydrogen-bond acceptors (Lipinski definition) is 3. The molecule has 1 aliphatic rings. The fourth-order valence-electron chi connectivity index (χ4n) is 3.07. The van der Waals surface area contributed by atoms with Gasteiger partial charge in [-0.2, -0.15) is 0 Å². The summed E-state index contributed by atoms with van der Waals surface area (Å²) in [6.07, 6.45) is 2.42. The first-order chi connectivity index (χ1) is 11.0. The molecule has 1 fully saturated rings. The van der Waals surface area contributed by atoms with E-state index in [1.807, 2.05) is 0 Å². The van der Waals surface area contributed by atoms with Gasteiger partial charge in [-0.05, 0) is 31.0 Å². The molecule has 3 N–H and O–H groups in total. The zero-order valence-electron chi connectivity index (χ0n) is 14.1. The van der Waals surface area contributed by atoms with E-state index in [0.29, 0.717) is 29.6 Å². The minimum absolute atomic E-state index is 0.0348. The van der Waals surface area contributed by atoms with Crippen molar-refractivity contribution >= 4 is 23.2 Å². The van der Waals surface area contributed by atoms with Gasteiger partial charge >= 0.3 is 0 Å². The lowest BCUT2D eigenvalue weighted by molar-refractivity contribution is -0.900. The van der Waals surface area contributed by atoms with E-state index < -0.39 is 0 Å². The van der Waals surface area contributed by atoms with E-state index in [0.717, 1.165) is 13.1 Å². The van der Waals surface area contributed by atoms with Crippen molar-refractivity contribution in [3.05, 3.63) is 18.2 Å². The molecule has 23 heavy (non-hydrogen) atoms. The predicted octanol–water partition coefficient (Wildman–Crippen LogP) is 0.907. The highest BCUT2D eigenvalue weighted by molar-refractivity contribution is 5.95. The molecule has 1 heterocycles. The van der Waals surface area contributed by atoms with Gasteiger partial charge in [0.15, 0.2) is 6.54 Å². The number of nitrogens with one attached hydrogen (secondary N) is 3. The van der Waals surface area contributed by atoms with E-state index in [1.165, 1.54) is 24.7 Å². The van der Waals surface area contributed by atoms with Crippen LogP contribution in [0.1, 0.15) is 26.7 Å². The van der Waals surface area contributed by atoms with Crippen LogP contribution < -0.4 is 20.3 Å². The molecule has 0 aliphatic carbocycles. The first-order valence-electron chi connectivity index (χ1n) is 8.07. The molecule has 0 aromatic heterocycles. The van der Waals surface area contributed by atoms with E-state index in [1.54, 1.807) is 25.3 Å². The van der Waals surface area contributed by atoms with Gasteiger partial charge in [-0.15, -0.1) is 0 Å². The quantitative estimate of drug-likeness (QED) is 0.755. The number of carbonyl (C=O) groups excluding carboxylic acids is 2. The smallest absolute Gasteiger partial charge is 0.279 e. The van der Waals surface area contributed by atoms with Gasteiger partial charge in [-0.25, -0.2) is 0 Å². The summed E-state index contributed by atoms with van der Waals surface area (Å²) < 4.78 is 5.28. The van der Waals surface area contributed by atoms with Crippen LogP contribution in [0.25, 0.3) is 0 Å². The summed E-state index contributed by atoms with van der Waals surface area (Å²) in [4.78, 5) is 24.8. The Balaban J connectivity index is 2.02. The Morgan fingerprint density at radius 1 is 1.35 bits per heavy atom. The van der Waals surface area contributed by atoms with Gasteiger partial charge in [-0.1, -0.05) is 6.92 Å². The fraction of sp³-hybridized carbons (Fsp3) is 0.529. The fourth-order valence-corrected chi connectivity index (χ4v) is 3.07. The van der Waals surface area contributed by atoms with Crippen LogP contribution in [0.2, 0.25) is 0 Å². The summed E-state index contributed by atoms with van der Waals surface area (Å²) in [5, 5.41) is 5.61. The number of anilines is 2. The topological polar surface area (TPSA) is 71.9 Å². The molecular weight excluding hydrogens is 294 g/mol. The third-order valence-electron chi connectivity index (χ3n) is 4.07. The summed E-state index contributed by atoms with van der Waals surface area (Å²) in [6.45, 7) is 6.22. The Morgan fingerprint density at radius 2 is 2.13 bits per heavy atom. The van der Waals surface area contributed by atoms with Crippen LogP contribution in [-0.2, 0) is 9.59 Å². The van der Waals surface area contributed by atoms with Crippen molar-refractivity contribution in [1.82, 2.24) is 0 Å². The molecule has 1 aromatic carbocycles. The zero-order valence-corrected chi connectivity index (χ0v) is 14.1. The van der Waals surface area contributed by atoms with Gasteiger partial charge in [0.2, 0.25) is 5.91 Å². The van der Waals surface area contributed by atoms with E-state index in [9.17, 15) is 9.59 Å². The molecule has 1 saturated heterocycles. The van der Waals surface area contributed by atoms with Crippen LogP contribution in [0.5, 0.6) is 5.75 Å². The maximum absolute atomic E-state index is 12.3. The van der Waals surface area contributed by atoms with Crippen LogP contribution >= 0.6 is 0 Å². The number of carbonyl (C=O) groups is 2. The van der Waals surface area contributed by atoms with Crippen molar-refractivity contribution in [3.8, 4) is 5.75 Å². The Morgan fingerprint density at radius 3 is 2.78 bits per heavy atom. The normalized spacial score (nSPS) is 20.7. The molecule has 1 aliphatic heterocycles. The summed E-state index contributed by atoms with van der Waals surface area (Å²) in [7, 11) is 1.56. The van der Waals surface area contributed by atoms with E-state index >= 15 is 0 Å². The molecule has 0 saturated carbocycles.